The van der Waals surface area contributed by atoms with Crippen LogP contribution < -0.4 is 5.56 Å². The van der Waals surface area contributed by atoms with E-state index >= 15 is 0 Å². The normalized spacial score (nSPS) is 11.6. The average molecular weight is 430 g/mol. The van der Waals surface area contributed by atoms with E-state index in [0.29, 0.717) is 11.1 Å². The van der Waals surface area contributed by atoms with Crippen LogP contribution in [0.3, 0.4) is 0 Å². The third kappa shape index (κ3) is 4.72. The van der Waals surface area contributed by atoms with Crippen LogP contribution in [-0.2, 0) is 6.54 Å². The zero-order chi connectivity index (χ0) is 22.5. The molecule has 0 atom stereocenters. The molecule has 164 valence electrons. The van der Waals surface area contributed by atoms with Gasteiger partial charge in [-0.2, -0.15) is 5.10 Å². The van der Waals surface area contributed by atoms with Gasteiger partial charge in [0.05, 0.1) is 18.3 Å². The van der Waals surface area contributed by atoms with Crippen molar-refractivity contribution in [1.29, 1.82) is 0 Å². The van der Waals surface area contributed by atoms with Crippen molar-refractivity contribution >= 4 is 10.9 Å². The number of allylic oxidation sites excluding steroid dienone is 2. The third-order valence-electron chi connectivity index (χ3n) is 5.68. The molecule has 0 bridgehead atoms. The zero-order valence-corrected chi connectivity index (χ0v) is 18.6. The largest absolute Gasteiger partial charge is 0.284 e. The Morgan fingerprint density at radius 1 is 1.03 bits per heavy atom. The first-order valence-electron chi connectivity index (χ1n) is 11.2. The highest BCUT2D eigenvalue weighted by atomic mass is 19.1. The van der Waals surface area contributed by atoms with Gasteiger partial charge in [-0.3, -0.25) is 14.0 Å². The fourth-order valence-corrected chi connectivity index (χ4v) is 3.89. The van der Waals surface area contributed by atoms with Crippen LogP contribution in [-0.4, -0.2) is 14.3 Å². The second-order valence-corrected chi connectivity index (χ2v) is 8.14. The molecule has 0 aliphatic heterocycles. The molecule has 0 spiro atoms. The summed E-state index contributed by atoms with van der Waals surface area (Å²) in [7, 11) is 0. The Hall–Kier alpha value is -3.47. The molecular weight excluding hydrogens is 401 g/mol. The van der Waals surface area contributed by atoms with E-state index in [9.17, 15) is 9.18 Å². The van der Waals surface area contributed by atoms with Gasteiger partial charge in [0.2, 0.25) is 0 Å². The molecule has 0 N–H and O–H groups in total. The fourth-order valence-electron chi connectivity index (χ4n) is 3.89. The molecule has 0 saturated carbocycles. The van der Waals surface area contributed by atoms with Crippen molar-refractivity contribution in [3.63, 3.8) is 0 Å². The zero-order valence-electron chi connectivity index (χ0n) is 18.6. The Morgan fingerprint density at radius 3 is 2.69 bits per heavy atom. The second kappa shape index (κ2) is 9.77. The lowest BCUT2D eigenvalue weighted by Crippen LogP contribution is -2.16. The molecule has 5 heteroatoms. The van der Waals surface area contributed by atoms with E-state index in [0.717, 1.165) is 35.1 Å². The summed E-state index contributed by atoms with van der Waals surface area (Å²) in [6.45, 7) is 4.78. The van der Waals surface area contributed by atoms with Crippen LogP contribution in [0.5, 0.6) is 0 Å². The number of fused-ring (bicyclic) bond motifs is 1. The predicted octanol–water partition coefficient (Wildman–Crippen LogP) is 6.44. The Kier molecular flexibility index (Phi) is 6.64. The van der Waals surface area contributed by atoms with Crippen LogP contribution in [0.1, 0.15) is 38.2 Å². The predicted molar refractivity (Wildman–Crippen MR) is 129 cm³/mol. The average Bonchev–Trinajstić information content (AvgIpc) is 3.18. The maximum absolute atomic E-state index is 14.3. The number of pyridine rings is 1. The van der Waals surface area contributed by atoms with Gasteiger partial charge in [0.1, 0.15) is 5.82 Å². The number of hydrogen-bond donors (Lipinski definition) is 0. The highest BCUT2D eigenvalue weighted by Crippen LogP contribution is 2.23. The standard InChI is InChI=1S/C27H28FN3O/c1-3-4-5-6-7-8-14-31-26-12-10-23(17-22(26)19-29-31)30-15-13-21(18-27(30)32)24-11-9-20(2)16-25(24)28/h7-13,15-19H,3-6,14H2,1-2H3/b8-7+. The number of aryl methyl sites for hydroxylation is 1. The molecule has 0 amide bonds. The molecule has 0 unspecified atom stereocenters. The molecular formula is C27H28FN3O. The lowest BCUT2D eigenvalue weighted by Gasteiger charge is -2.09. The molecule has 0 fully saturated rings. The van der Waals surface area contributed by atoms with E-state index in [1.54, 1.807) is 22.9 Å². The number of benzene rings is 2. The number of rotatable bonds is 8. The smallest absolute Gasteiger partial charge is 0.255 e. The van der Waals surface area contributed by atoms with E-state index in [4.69, 9.17) is 0 Å². The van der Waals surface area contributed by atoms with Crippen LogP contribution in [0.15, 0.2) is 77.9 Å². The van der Waals surface area contributed by atoms with Crippen LogP contribution >= 0.6 is 0 Å². The first kappa shape index (κ1) is 21.8. The maximum Gasteiger partial charge on any atom is 0.255 e. The van der Waals surface area contributed by atoms with Crippen LogP contribution in [0.2, 0.25) is 0 Å². The molecule has 0 radical (unpaired) electrons. The van der Waals surface area contributed by atoms with E-state index in [-0.39, 0.29) is 11.4 Å². The van der Waals surface area contributed by atoms with E-state index in [1.807, 2.05) is 42.1 Å². The van der Waals surface area contributed by atoms with Crippen molar-refractivity contribution in [2.24, 2.45) is 0 Å². The summed E-state index contributed by atoms with van der Waals surface area (Å²) in [5, 5.41) is 5.47. The summed E-state index contributed by atoms with van der Waals surface area (Å²) in [5.41, 5.74) is 3.43. The van der Waals surface area contributed by atoms with Gasteiger partial charge in [-0.05, 0) is 61.2 Å². The number of halogens is 1. The van der Waals surface area contributed by atoms with Gasteiger partial charge in [-0.15, -0.1) is 0 Å². The highest BCUT2D eigenvalue weighted by molar-refractivity contribution is 5.81. The summed E-state index contributed by atoms with van der Waals surface area (Å²) in [6.07, 6.45) is 12.7. The molecule has 0 aliphatic rings. The molecule has 2 aromatic heterocycles. The number of nitrogens with zero attached hydrogens (tertiary/aromatic N) is 3. The van der Waals surface area contributed by atoms with Crippen LogP contribution in [0, 0.1) is 12.7 Å². The Morgan fingerprint density at radius 2 is 1.91 bits per heavy atom. The van der Waals surface area contributed by atoms with Crippen molar-refractivity contribution in [3.05, 3.63) is 94.8 Å². The minimum absolute atomic E-state index is 0.204. The van der Waals surface area contributed by atoms with Crippen molar-refractivity contribution < 1.29 is 4.39 Å². The van der Waals surface area contributed by atoms with Gasteiger partial charge < -0.3 is 0 Å². The Bertz CT molecular complexity index is 1320. The highest BCUT2D eigenvalue weighted by Gasteiger charge is 2.09. The Labute approximate surface area is 187 Å². The van der Waals surface area contributed by atoms with Gasteiger partial charge in [0, 0.05) is 28.9 Å². The minimum Gasteiger partial charge on any atom is -0.284 e. The molecule has 2 aromatic carbocycles. The molecule has 4 nitrogen and oxygen atoms in total. The first-order valence-corrected chi connectivity index (χ1v) is 11.2. The number of unbranched alkanes of at least 4 members (excludes halogenated alkanes) is 3. The summed E-state index contributed by atoms with van der Waals surface area (Å²) >= 11 is 0. The van der Waals surface area contributed by atoms with Gasteiger partial charge in [0.25, 0.3) is 5.56 Å². The van der Waals surface area contributed by atoms with Gasteiger partial charge >= 0.3 is 0 Å². The van der Waals surface area contributed by atoms with Gasteiger partial charge in [-0.1, -0.05) is 44.1 Å². The van der Waals surface area contributed by atoms with Gasteiger partial charge in [0.15, 0.2) is 0 Å². The minimum atomic E-state index is -0.324. The Balaban J connectivity index is 1.55. The quantitative estimate of drug-likeness (QED) is 0.239. The summed E-state index contributed by atoms with van der Waals surface area (Å²) < 4.78 is 17.8. The first-order chi connectivity index (χ1) is 15.6. The number of hydrogen-bond acceptors (Lipinski definition) is 2. The SMILES string of the molecule is CCCCC/C=C/Cn1ncc2cc(-n3ccc(-c4ccc(C)cc4F)cc3=O)ccc21. The van der Waals surface area contributed by atoms with Crippen molar-refractivity contribution in [1.82, 2.24) is 14.3 Å². The molecule has 32 heavy (non-hydrogen) atoms. The summed E-state index contributed by atoms with van der Waals surface area (Å²) in [5.74, 6) is -0.324. The van der Waals surface area contributed by atoms with Crippen LogP contribution in [0.4, 0.5) is 4.39 Å². The molecule has 0 aliphatic carbocycles. The maximum atomic E-state index is 14.3. The van der Waals surface area contributed by atoms with E-state index < -0.39 is 0 Å². The van der Waals surface area contributed by atoms with Gasteiger partial charge in [-0.25, -0.2) is 4.39 Å². The third-order valence-corrected chi connectivity index (χ3v) is 5.68. The fraction of sp³-hybridized carbons (Fsp3) is 0.259. The van der Waals surface area contributed by atoms with Crippen molar-refractivity contribution in [2.75, 3.05) is 0 Å². The van der Waals surface area contributed by atoms with E-state index in [1.165, 1.54) is 31.4 Å². The van der Waals surface area contributed by atoms with Crippen LogP contribution in [0.25, 0.3) is 27.7 Å². The summed E-state index contributed by atoms with van der Waals surface area (Å²) in [6, 6.07) is 14.1. The lowest BCUT2D eigenvalue weighted by atomic mass is 10.0. The monoisotopic (exact) mass is 429 g/mol. The van der Waals surface area contributed by atoms with Crippen molar-refractivity contribution in [3.8, 4) is 16.8 Å². The summed E-state index contributed by atoms with van der Waals surface area (Å²) in [4.78, 5) is 12.8. The molecule has 0 saturated heterocycles. The van der Waals surface area contributed by atoms with Crippen molar-refractivity contribution in [2.45, 2.75) is 46.1 Å². The molecule has 4 rings (SSSR count). The molecule has 4 aromatic rings. The second-order valence-electron chi connectivity index (χ2n) is 8.14. The topological polar surface area (TPSA) is 39.8 Å². The lowest BCUT2D eigenvalue weighted by molar-refractivity contribution is 0.630. The van der Waals surface area contributed by atoms with E-state index in [2.05, 4.69) is 24.2 Å². The number of aromatic nitrogens is 3. The molecule has 2 heterocycles.